The molecule has 3 amide bonds. The van der Waals surface area contributed by atoms with E-state index in [9.17, 15) is 9.59 Å². The number of rotatable bonds is 5. The first-order valence-electron chi connectivity index (χ1n) is 6.37. The molecular formula is C13H19ClN4O2. The van der Waals surface area contributed by atoms with Crippen molar-refractivity contribution in [1.29, 1.82) is 0 Å². The Labute approximate surface area is 123 Å². The summed E-state index contributed by atoms with van der Waals surface area (Å²) in [6.07, 6.45) is 1.36. The minimum absolute atomic E-state index is 0.266. The van der Waals surface area contributed by atoms with Crippen molar-refractivity contribution in [2.75, 3.05) is 0 Å². The zero-order valence-corrected chi connectivity index (χ0v) is 12.0. The quantitative estimate of drug-likeness (QED) is 0.617. The highest BCUT2D eigenvalue weighted by atomic mass is 35.5. The molecule has 6 nitrogen and oxygen atoms in total. The van der Waals surface area contributed by atoms with Crippen molar-refractivity contribution in [3.05, 3.63) is 34.9 Å². The van der Waals surface area contributed by atoms with Gasteiger partial charge in [-0.15, -0.1) is 0 Å². The molecule has 0 fully saturated rings. The molecule has 0 bridgehead atoms. The lowest BCUT2D eigenvalue weighted by molar-refractivity contribution is -0.123. The summed E-state index contributed by atoms with van der Waals surface area (Å²) >= 11 is 5.95. The average molecular weight is 299 g/mol. The Morgan fingerprint density at radius 2 is 2.00 bits per heavy atom. The topological polar surface area (TPSA) is 96.2 Å². The molecule has 0 aromatic heterocycles. The Hall–Kier alpha value is -1.79. The van der Waals surface area contributed by atoms with E-state index in [2.05, 4.69) is 16.2 Å². The van der Waals surface area contributed by atoms with Gasteiger partial charge in [-0.1, -0.05) is 43.1 Å². The van der Waals surface area contributed by atoms with Gasteiger partial charge in [0.15, 0.2) is 0 Å². The van der Waals surface area contributed by atoms with Crippen LogP contribution in [-0.2, 0) is 11.3 Å². The Morgan fingerprint density at radius 3 is 2.65 bits per heavy atom. The maximum Gasteiger partial charge on any atom is 0.333 e. The largest absolute Gasteiger partial charge is 0.333 e. The van der Waals surface area contributed by atoms with Gasteiger partial charge in [-0.25, -0.2) is 10.2 Å². The Bertz CT molecular complexity index is 467. The summed E-state index contributed by atoms with van der Waals surface area (Å²) in [5, 5.41) is 3.15. The molecule has 1 aromatic carbocycles. The normalized spacial score (nSPS) is 11.6. The number of urea groups is 1. The molecule has 0 radical (unpaired) electrons. The van der Waals surface area contributed by atoms with Crippen LogP contribution in [0, 0.1) is 0 Å². The van der Waals surface area contributed by atoms with Crippen LogP contribution in [0.25, 0.3) is 0 Å². The van der Waals surface area contributed by atoms with E-state index in [0.29, 0.717) is 11.4 Å². The van der Waals surface area contributed by atoms with Gasteiger partial charge in [0, 0.05) is 11.6 Å². The lowest BCUT2D eigenvalue weighted by Gasteiger charge is -2.13. The van der Waals surface area contributed by atoms with E-state index in [1.165, 1.54) is 0 Å². The molecule has 5 N–H and O–H groups in total. The SMILES string of the molecule is CCC[C@H](N)C(=O)NNC(=O)NCc1ccccc1Cl. The van der Waals surface area contributed by atoms with E-state index in [4.69, 9.17) is 17.3 Å². The number of hydrazine groups is 1. The van der Waals surface area contributed by atoms with Crippen molar-refractivity contribution in [3.8, 4) is 0 Å². The Kier molecular flexibility index (Phi) is 6.83. The summed E-state index contributed by atoms with van der Waals surface area (Å²) < 4.78 is 0. The molecule has 1 atom stereocenters. The van der Waals surface area contributed by atoms with Crippen molar-refractivity contribution in [3.63, 3.8) is 0 Å². The monoisotopic (exact) mass is 298 g/mol. The first kappa shape index (κ1) is 16.3. The number of amides is 3. The van der Waals surface area contributed by atoms with E-state index in [0.717, 1.165) is 12.0 Å². The number of carbonyl (C=O) groups excluding carboxylic acids is 2. The Balaban J connectivity index is 2.31. The highest BCUT2D eigenvalue weighted by Gasteiger charge is 2.12. The lowest BCUT2D eigenvalue weighted by Crippen LogP contribution is -2.51. The van der Waals surface area contributed by atoms with Gasteiger partial charge >= 0.3 is 6.03 Å². The summed E-state index contributed by atoms with van der Waals surface area (Å²) in [7, 11) is 0. The minimum atomic E-state index is -0.621. The van der Waals surface area contributed by atoms with Crippen molar-refractivity contribution in [2.45, 2.75) is 32.4 Å². The van der Waals surface area contributed by atoms with Crippen LogP contribution in [0.4, 0.5) is 4.79 Å². The molecule has 1 rings (SSSR count). The third kappa shape index (κ3) is 5.46. The number of benzene rings is 1. The van der Waals surface area contributed by atoms with Crippen molar-refractivity contribution in [1.82, 2.24) is 16.2 Å². The molecule has 0 spiro atoms. The molecule has 110 valence electrons. The standard InChI is InChI=1S/C13H19ClN4O2/c1-2-5-11(15)12(19)17-18-13(20)16-8-9-6-3-4-7-10(9)14/h3-4,6-7,11H,2,5,8,15H2,1H3,(H,17,19)(H2,16,18,20)/t11-/m0/s1. The van der Waals surface area contributed by atoms with Crippen LogP contribution in [0.5, 0.6) is 0 Å². The number of carbonyl (C=O) groups is 2. The smallest absolute Gasteiger partial charge is 0.333 e. The van der Waals surface area contributed by atoms with Crippen molar-refractivity contribution in [2.24, 2.45) is 5.73 Å². The van der Waals surface area contributed by atoms with Crippen LogP contribution >= 0.6 is 11.6 Å². The third-order valence-electron chi connectivity index (χ3n) is 2.63. The molecule has 20 heavy (non-hydrogen) atoms. The van der Waals surface area contributed by atoms with Crippen LogP contribution in [0.1, 0.15) is 25.3 Å². The maximum absolute atomic E-state index is 11.5. The maximum atomic E-state index is 11.5. The van der Waals surface area contributed by atoms with E-state index in [1.54, 1.807) is 18.2 Å². The van der Waals surface area contributed by atoms with Crippen LogP contribution in [0.15, 0.2) is 24.3 Å². The highest BCUT2D eigenvalue weighted by Crippen LogP contribution is 2.13. The highest BCUT2D eigenvalue weighted by molar-refractivity contribution is 6.31. The van der Waals surface area contributed by atoms with Gasteiger partial charge < -0.3 is 11.1 Å². The zero-order valence-electron chi connectivity index (χ0n) is 11.3. The van der Waals surface area contributed by atoms with E-state index in [-0.39, 0.29) is 6.54 Å². The van der Waals surface area contributed by atoms with Gasteiger partial charge in [-0.3, -0.25) is 10.2 Å². The molecule has 0 heterocycles. The second-order valence-electron chi connectivity index (χ2n) is 4.28. The van der Waals surface area contributed by atoms with Gasteiger partial charge in [0.05, 0.1) is 6.04 Å². The van der Waals surface area contributed by atoms with Gasteiger partial charge in [-0.05, 0) is 18.1 Å². The summed E-state index contributed by atoms with van der Waals surface area (Å²) in [4.78, 5) is 23.0. The molecule has 0 saturated heterocycles. The van der Waals surface area contributed by atoms with Crippen molar-refractivity contribution >= 4 is 23.5 Å². The molecule has 0 aliphatic heterocycles. The van der Waals surface area contributed by atoms with E-state index >= 15 is 0 Å². The van der Waals surface area contributed by atoms with Crippen molar-refractivity contribution < 1.29 is 9.59 Å². The number of hydrogen-bond acceptors (Lipinski definition) is 3. The molecule has 0 saturated carbocycles. The molecule has 1 aromatic rings. The minimum Gasteiger partial charge on any atom is -0.333 e. The fourth-order valence-corrected chi connectivity index (χ4v) is 1.72. The first-order valence-corrected chi connectivity index (χ1v) is 6.75. The van der Waals surface area contributed by atoms with Crippen LogP contribution < -0.4 is 21.9 Å². The molecule has 0 aliphatic carbocycles. The summed E-state index contributed by atoms with van der Waals surface area (Å²) in [6.45, 7) is 2.19. The average Bonchev–Trinajstić information content (AvgIpc) is 2.44. The third-order valence-corrected chi connectivity index (χ3v) is 3.00. The summed E-state index contributed by atoms with van der Waals surface area (Å²) in [5.74, 6) is -0.417. The molecular weight excluding hydrogens is 280 g/mol. The van der Waals surface area contributed by atoms with E-state index < -0.39 is 18.0 Å². The van der Waals surface area contributed by atoms with Gasteiger partial charge in [-0.2, -0.15) is 0 Å². The molecule has 0 unspecified atom stereocenters. The number of hydrogen-bond donors (Lipinski definition) is 4. The second-order valence-corrected chi connectivity index (χ2v) is 4.69. The fraction of sp³-hybridized carbons (Fsp3) is 0.385. The summed E-state index contributed by atoms with van der Waals surface area (Å²) in [6, 6.07) is 6.03. The summed E-state index contributed by atoms with van der Waals surface area (Å²) in [5.41, 5.74) is 10.9. The number of halogens is 1. The molecule has 7 heteroatoms. The van der Waals surface area contributed by atoms with Crippen LogP contribution in [0.2, 0.25) is 5.02 Å². The van der Waals surface area contributed by atoms with Gasteiger partial charge in [0.25, 0.3) is 5.91 Å². The first-order chi connectivity index (χ1) is 9.54. The van der Waals surface area contributed by atoms with Crippen LogP contribution in [-0.4, -0.2) is 18.0 Å². The number of nitrogens with two attached hydrogens (primary N) is 1. The molecule has 0 aliphatic rings. The van der Waals surface area contributed by atoms with Gasteiger partial charge in [0.1, 0.15) is 0 Å². The number of nitrogens with one attached hydrogen (secondary N) is 3. The second kappa shape index (κ2) is 8.39. The van der Waals surface area contributed by atoms with Gasteiger partial charge in [0.2, 0.25) is 0 Å². The predicted molar refractivity (Wildman–Crippen MR) is 77.8 cm³/mol. The predicted octanol–water partition coefficient (Wildman–Crippen LogP) is 1.30. The van der Waals surface area contributed by atoms with E-state index in [1.807, 2.05) is 13.0 Å². The zero-order chi connectivity index (χ0) is 15.0. The Morgan fingerprint density at radius 1 is 1.30 bits per heavy atom. The van der Waals surface area contributed by atoms with Crippen LogP contribution in [0.3, 0.4) is 0 Å². The lowest BCUT2D eigenvalue weighted by atomic mass is 10.2. The fourth-order valence-electron chi connectivity index (χ4n) is 1.51.